The minimum absolute atomic E-state index is 0.0906. The highest BCUT2D eigenvalue weighted by molar-refractivity contribution is 5.84. The molecule has 0 saturated carbocycles. The predicted molar refractivity (Wildman–Crippen MR) is 53.4 cm³/mol. The second-order valence-corrected chi connectivity index (χ2v) is 3.69. The highest BCUT2D eigenvalue weighted by Crippen LogP contribution is 2.14. The van der Waals surface area contributed by atoms with Gasteiger partial charge in [0.25, 0.3) is 0 Å². The molecule has 86 valence electrons. The fourth-order valence-corrected chi connectivity index (χ4v) is 1.59. The number of carbonyl (C=O) groups is 2. The Morgan fingerprint density at radius 3 is 2.53 bits per heavy atom. The summed E-state index contributed by atoms with van der Waals surface area (Å²) >= 11 is 0. The van der Waals surface area contributed by atoms with Gasteiger partial charge in [-0.2, -0.15) is 0 Å². The first-order valence-electron chi connectivity index (χ1n) is 5.26. The average molecular weight is 215 g/mol. The summed E-state index contributed by atoms with van der Waals surface area (Å²) in [4.78, 5) is 22.4. The largest absolute Gasteiger partial charge is 0.480 e. The van der Waals surface area contributed by atoms with Crippen molar-refractivity contribution in [1.82, 2.24) is 5.32 Å². The van der Waals surface area contributed by atoms with Crippen LogP contribution in [0.5, 0.6) is 0 Å². The molecule has 2 N–H and O–H groups in total. The first kappa shape index (κ1) is 12.0. The number of nitrogens with one attached hydrogen (secondary N) is 1. The molecule has 1 amide bonds. The Balaban J connectivity index is 2.42. The van der Waals surface area contributed by atoms with E-state index in [2.05, 4.69) is 5.32 Å². The van der Waals surface area contributed by atoms with Gasteiger partial charge in [-0.3, -0.25) is 4.79 Å². The molecule has 1 saturated heterocycles. The van der Waals surface area contributed by atoms with Crippen molar-refractivity contribution in [3.63, 3.8) is 0 Å². The summed E-state index contributed by atoms with van der Waals surface area (Å²) in [6, 6.07) is -0.764. The summed E-state index contributed by atoms with van der Waals surface area (Å²) in [6.07, 6.45) is 1.77. The Bertz CT molecular complexity index is 236. The molecule has 0 aromatic heterocycles. The van der Waals surface area contributed by atoms with Gasteiger partial charge in [-0.05, 0) is 19.3 Å². The third-order valence-corrected chi connectivity index (χ3v) is 2.61. The quantitative estimate of drug-likeness (QED) is 0.711. The lowest BCUT2D eigenvalue weighted by Gasteiger charge is -2.23. The zero-order chi connectivity index (χ0) is 11.3. The van der Waals surface area contributed by atoms with Crippen LogP contribution in [-0.4, -0.2) is 36.2 Å². The van der Waals surface area contributed by atoms with Gasteiger partial charge in [-0.1, -0.05) is 6.92 Å². The van der Waals surface area contributed by atoms with E-state index in [9.17, 15) is 9.59 Å². The van der Waals surface area contributed by atoms with Gasteiger partial charge in [0.05, 0.1) is 0 Å². The van der Waals surface area contributed by atoms with Gasteiger partial charge >= 0.3 is 5.97 Å². The molecule has 1 unspecified atom stereocenters. The highest BCUT2D eigenvalue weighted by Gasteiger charge is 2.25. The molecule has 0 aromatic carbocycles. The van der Waals surface area contributed by atoms with Crippen LogP contribution in [0.3, 0.4) is 0 Å². The Morgan fingerprint density at radius 1 is 1.47 bits per heavy atom. The summed E-state index contributed by atoms with van der Waals surface area (Å²) in [7, 11) is 0. The predicted octanol–water partition coefficient (Wildman–Crippen LogP) is 0.392. The van der Waals surface area contributed by atoms with Gasteiger partial charge < -0.3 is 15.2 Å². The minimum Gasteiger partial charge on any atom is -0.480 e. The van der Waals surface area contributed by atoms with Crippen LogP contribution in [0.25, 0.3) is 0 Å². The Labute approximate surface area is 88.8 Å². The number of aliphatic carboxylic acids is 1. The van der Waals surface area contributed by atoms with Crippen molar-refractivity contribution in [2.24, 2.45) is 5.92 Å². The molecule has 1 aliphatic rings. The van der Waals surface area contributed by atoms with Crippen molar-refractivity contribution in [2.75, 3.05) is 13.2 Å². The number of carbonyl (C=O) groups excluding carboxylic acids is 1. The molecule has 0 radical (unpaired) electrons. The van der Waals surface area contributed by atoms with E-state index in [1.807, 2.05) is 0 Å². The zero-order valence-corrected chi connectivity index (χ0v) is 8.86. The molecule has 5 heteroatoms. The molecule has 0 aliphatic carbocycles. The van der Waals surface area contributed by atoms with Crippen molar-refractivity contribution in [2.45, 2.75) is 32.2 Å². The number of hydrogen-bond acceptors (Lipinski definition) is 3. The van der Waals surface area contributed by atoms with Crippen LogP contribution >= 0.6 is 0 Å². The van der Waals surface area contributed by atoms with Crippen LogP contribution in [0.4, 0.5) is 0 Å². The SMILES string of the molecule is CCC(NC(=O)C1CCOCC1)C(=O)O. The maximum absolute atomic E-state index is 11.6. The minimum atomic E-state index is -0.974. The van der Waals surface area contributed by atoms with Crippen LogP contribution in [0.1, 0.15) is 26.2 Å². The fraction of sp³-hybridized carbons (Fsp3) is 0.800. The smallest absolute Gasteiger partial charge is 0.326 e. The van der Waals surface area contributed by atoms with Crippen LogP contribution in [0.15, 0.2) is 0 Å². The summed E-state index contributed by atoms with van der Waals surface area (Å²) in [5, 5.41) is 11.3. The first-order valence-corrected chi connectivity index (χ1v) is 5.26. The third-order valence-electron chi connectivity index (χ3n) is 2.61. The molecule has 5 nitrogen and oxygen atoms in total. The number of amides is 1. The summed E-state index contributed by atoms with van der Waals surface area (Å²) in [5.74, 6) is -1.22. The lowest BCUT2D eigenvalue weighted by molar-refractivity contribution is -0.143. The Morgan fingerprint density at radius 2 is 2.07 bits per heavy atom. The normalized spacial score (nSPS) is 19.5. The van der Waals surface area contributed by atoms with Gasteiger partial charge in [0.2, 0.25) is 5.91 Å². The second kappa shape index (κ2) is 5.70. The molecule has 15 heavy (non-hydrogen) atoms. The van der Waals surface area contributed by atoms with E-state index in [1.54, 1.807) is 6.92 Å². The molecule has 1 atom stereocenters. The number of hydrogen-bond donors (Lipinski definition) is 2. The number of rotatable bonds is 4. The molecule has 0 aromatic rings. The van der Waals surface area contributed by atoms with Crippen molar-refractivity contribution >= 4 is 11.9 Å². The van der Waals surface area contributed by atoms with E-state index in [0.29, 0.717) is 32.5 Å². The molecule has 1 rings (SSSR count). The monoisotopic (exact) mass is 215 g/mol. The highest BCUT2D eigenvalue weighted by atomic mass is 16.5. The molecular weight excluding hydrogens is 198 g/mol. The zero-order valence-electron chi connectivity index (χ0n) is 8.86. The van der Waals surface area contributed by atoms with E-state index < -0.39 is 12.0 Å². The number of carboxylic acids is 1. The van der Waals surface area contributed by atoms with E-state index in [-0.39, 0.29) is 11.8 Å². The van der Waals surface area contributed by atoms with Crippen molar-refractivity contribution < 1.29 is 19.4 Å². The van der Waals surface area contributed by atoms with Gasteiger partial charge in [0.1, 0.15) is 6.04 Å². The molecule has 0 spiro atoms. The Hall–Kier alpha value is -1.10. The Kier molecular flexibility index (Phi) is 4.55. The third kappa shape index (κ3) is 3.51. The van der Waals surface area contributed by atoms with Crippen LogP contribution < -0.4 is 5.32 Å². The first-order chi connectivity index (χ1) is 7.15. The summed E-state index contributed by atoms with van der Waals surface area (Å²) in [5.41, 5.74) is 0. The van der Waals surface area contributed by atoms with Crippen molar-refractivity contribution in [3.8, 4) is 0 Å². The van der Waals surface area contributed by atoms with E-state index in [1.165, 1.54) is 0 Å². The van der Waals surface area contributed by atoms with Gasteiger partial charge in [-0.25, -0.2) is 4.79 Å². The lowest BCUT2D eigenvalue weighted by atomic mass is 9.99. The summed E-state index contributed by atoms with van der Waals surface area (Å²) < 4.78 is 5.13. The standard InChI is InChI=1S/C10H17NO4/c1-2-8(10(13)14)11-9(12)7-3-5-15-6-4-7/h7-8H,2-6H2,1H3,(H,11,12)(H,13,14). The second-order valence-electron chi connectivity index (χ2n) is 3.69. The van der Waals surface area contributed by atoms with E-state index in [4.69, 9.17) is 9.84 Å². The van der Waals surface area contributed by atoms with E-state index in [0.717, 1.165) is 0 Å². The lowest BCUT2D eigenvalue weighted by Crippen LogP contribution is -2.44. The van der Waals surface area contributed by atoms with Gasteiger partial charge in [-0.15, -0.1) is 0 Å². The molecule has 1 fully saturated rings. The number of ether oxygens (including phenoxy) is 1. The molecule has 1 heterocycles. The van der Waals surface area contributed by atoms with Crippen molar-refractivity contribution in [1.29, 1.82) is 0 Å². The maximum atomic E-state index is 11.6. The summed E-state index contributed by atoms with van der Waals surface area (Å²) in [6.45, 7) is 2.91. The molecule has 1 aliphatic heterocycles. The van der Waals surface area contributed by atoms with Gasteiger partial charge in [0.15, 0.2) is 0 Å². The van der Waals surface area contributed by atoms with Crippen LogP contribution in [0.2, 0.25) is 0 Å². The molecular formula is C10H17NO4. The number of carboxylic acid groups (broad SMARTS) is 1. The van der Waals surface area contributed by atoms with Crippen LogP contribution in [0, 0.1) is 5.92 Å². The van der Waals surface area contributed by atoms with E-state index >= 15 is 0 Å². The van der Waals surface area contributed by atoms with Gasteiger partial charge in [0, 0.05) is 19.1 Å². The fourth-order valence-electron chi connectivity index (χ4n) is 1.59. The molecule has 0 bridgehead atoms. The maximum Gasteiger partial charge on any atom is 0.326 e. The van der Waals surface area contributed by atoms with Crippen molar-refractivity contribution in [3.05, 3.63) is 0 Å². The average Bonchev–Trinajstić information content (AvgIpc) is 2.26. The van der Waals surface area contributed by atoms with Crippen LogP contribution in [-0.2, 0) is 14.3 Å². The topological polar surface area (TPSA) is 75.6 Å².